The first-order chi connectivity index (χ1) is 10.5. The monoisotopic (exact) mass is 300 g/mol. The Morgan fingerprint density at radius 2 is 2.00 bits per heavy atom. The summed E-state index contributed by atoms with van der Waals surface area (Å²) < 4.78 is 4.68. The second-order valence-electron chi connectivity index (χ2n) is 4.75. The van der Waals surface area contributed by atoms with Crippen molar-refractivity contribution in [1.82, 2.24) is 0 Å². The topological polar surface area (TPSA) is 81.5 Å². The van der Waals surface area contributed by atoms with Crippen LogP contribution in [0.5, 0.6) is 0 Å². The molecule has 6 nitrogen and oxygen atoms in total. The molecule has 0 aliphatic heterocycles. The number of carbonyl (C=O) groups excluding carboxylic acids is 1. The number of esters is 1. The van der Waals surface area contributed by atoms with Gasteiger partial charge in [0.1, 0.15) is 0 Å². The molecule has 2 aromatic carbocycles. The highest BCUT2D eigenvalue weighted by molar-refractivity contribution is 5.89. The van der Waals surface area contributed by atoms with Gasteiger partial charge in [-0.25, -0.2) is 4.79 Å². The minimum atomic E-state index is -0.404. The molecule has 22 heavy (non-hydrogen) atoms. The van der Waals surface area contributed by atoms with E-state index in [-0.39, 0.29) is 5.69 Å². The Morgan fingerprint density at radius 3 is 2.68 bits per heavy atom. The van der Waals surface area contributed by atoms with Crippen LogP contribution in [0.4, 0.5) is 11.4 Å². The van der Waals surface area contributed by atoms with E-state index < -0.39 is 10.9 Å². The standard InChI is InChI=1S/C16H16N2O4/c1-11-14(7-4-8-15(11)18(20)21)17-10-12-5-3-6-13(9-12)16(19)22-2/h3-9,17H,10H2,1-2H3. The highest BCUT2D eigenvalue weighted by atomic mass is 16.6. The maximum atomic E-state index is 11.5. The molecule has 0 fully saturated rings. The number of carbonyl (C=O) groups is 1. The quantitative estimate of drug-likeness (QED) is 0.520. The molecule has 0 unspecified atom stereocenters. The fraction of sp³-hybridized carbons (Fsp3) is 0.188. The molecule has 0 aliphatic rings. The van der Waals surface area contributed by atoms with Crippen LogP contribution < -0.4 is 5.32 Å². The summed E-state index contributed by atoms with van der Waals surface area (Å²) in [5.74, 6) is -0.395. The van der Waals surface area contributed by atoms with Crippen molar-refractivity contribution < 1.29 is 14.5 Å². The molecule has 114 valence electrons. The molecule has 0 aliphatic carbocycles. The number of nitro groups is 1. The third-order valence-electron chi connectivity index (χ3n) is 3.33. The van der Waals surface area contributed by atoms with Crippen LogP contribution in [0, 0.1) is 17.0 Å². The summed E-state index contributed by atoms with van der Waals surface area (Å²) in [4.78, 5) is 22.0. The lowest BCUT2D eigenvalue weighted by Crippen LogP contribution is -2.05. The van der Waals surface area contributed by atoms with Gasteiger partial charge in [-0.1, -0.05) is 18.2 Å². The lowest BCUT2D eigenvalue weighted by Gasteiger charge is -2.10. The first-order valence-electron chi connectivity index (χ1n) is 6.68. The van der Waals surface area contributed by atoms with Gasteiger partial charge in [0.15, 0.2) is 0 Å². The molecule has 0 spiro atoms. The lowest BCUT2D eigenvalue weighted by atomic mass is 10.1. The number of benzene rings is 2. The molecule has 0 heterocycles. The predicted octanol–water partition coefficient (Wildman–Crippen LogP) is 3.30. The normalized spacial score (nSPS) is 10.1. The van der Waals surface area contributed by atoms with Crippen LogP contribution in [0.2, 0.25) is 0 Å². The Balaban J connectivity index is 2.15. The van der Waals surface area contributed by atoms with Crippen molar-refractivity contribution in [3.05, 3.63) is 69.3 Å². The van der Waals surface area contributed by atoms with Crippen molar-refractivity contribution >= 4 is 17.3 Å². The van der Waals surface area contributed by atoms with Crippen LogP contribution in [0.1, 0.15) is 21.5 Å². The minimum Gasteiger partial charge on any atom is -0.465 e. The van der Waals surface area contributed by atoms with E-state index in [1.807, 2.05) is 6.07 Å². The number of hydrogen-bond acceptors (Lipinski definition) is 5. The van der Waals surface area contributed by atoms with Crippen LogP contribution >= 0.6 is 0 Å². The Kier molecular flexibility index (Phi) is 4.73. The van der Waals surface area contributed by atoms with E-state index in [0.29, 0.717) is 23.4 Å². The number of nitro benzene ring substituents is 1. The van der Waals surface area contributed by atoms with Gasteiger partial charge < -0.3 is 10.1 Å². The van der Waals surface area contributed by atoms with Crippen LogP contribution in [-0.4, -0.2) is 18.0 Å². The third-order valence-corrected chi connectivity index (χ3v) is 3.33. The predicted molar refractivity (Wildman–Crippen MR) is 82.9 cm³/mol. The second-order valence-corrected chi connectivity index (χ2v) is 4.75. The van der Waals surface area contributed by atoms with Gasteiger partial charge in [-0.15, -0.1) is 0 Å². The van der Waals surface area contributed by atoms with Gasteiger partial charge in [-0.3, -0.25) is 10.1 Å². The van der Waals surface area contributed by atoms with Crippen molar-refractivity contribution in [1.29, 1.82) is 0 Å². The number of ether oxygens (including phenoxy) is 1. The van der Waals surface area contributed by atoms with Gasteiger partial charge in [0, 0.05) is 23.9 Å². The molecule has 0 aromatic heterocycles. The Morgan fingerprint density at radius 1 is 1.27 bits per heavy atom. The molecular formula is C16H16N2O4. The third kappa shape index (κ3) is 3.41. The molecule has 0 atom stereocenters. The first kappa shape index (κ1) is 15.5. The van der Waals surface area contributed by atoms with E-state index in [1.165, 1.54) is 13.2 Å². The number of anilines is 1. The zero-order valence-corrected chi connectivity index (χ0v) is 12.3. The summed E-state index contributed by atoms with van der Waals surface area (Å²) in [6.45, 7) is 2.15. The molecule has 0 amide bonds. The fourth-order valence-electron chi connectivity index (χ4n) is 2.14. The van der Waals surface area contributed by atoms with E-state index in [4.69, 9.17) is 0 Å². The van der Waals surface area contributed by atoms with Gasteiger partial charge in [-0.2, -0.15) is 0 Å². The van der Waals surface area contributed by atoms with Gasteiger partial charge in [0.05, 0.1) is 17.6 Å². The molecule has 2 aromatic rings. The summed E-state index contributed by atoms with van der Waals surface area (Å²) in [6, 6.07) is 11.9. The van der Waals surface area contributed by atoms with E-state index >= 15 is 0 Å². The van der Waals surface area contributed by atoms with Crippen LogP contribution in [0.3, 0.4) is 0 Å². The Hall–Kier alpha value is -2.89. The van der Waals surface area contributed by atoms with Crippen molar-refractivity contribution in [3.8, 4) is 0 Å². The zero-order valence-electron chi connectivity index (χ0n) is 12.3. The first-order valence-corrected chi connectivity index (χ1v) is 6.68. The van der Waals surface area contributed by atoms with Gasteiger partial charge in [-0.05, 0) is 30.7 Å². The summed E-state index contributed by atoms with van der Waals surface area (Å²) in [6.07, 6.45) is 0. The average Bonchev–Trinajstić information content (AvgIpc) is 2.53. The SMILES string of the molecule is COC(=O)c1cccc(CNc2cccc([N+](=O)[O-])c2C)c1. The van der Waals surface area contributed by atoms with Crippen LogP contribution in [0.25, 0.3) is 0 Å². The van der Waals surface area contributed by atoms with Gasteiger partial charge in [0.2, 0.25) is 0 Å². The van der Waals surface area contributed by atoms with Gasteiger partial charge >= 0.3 is 5.97 Å². The van der Waals surface area contributed by atoms with Crippen LogP contribution in [0.15, 0.2) is 42.5 Å². The largest absolute Gasteiger partial charge is 0.465 e. The second kappa shape index (κ2) is 6.71. The summed E-state index contributed by atoms with van der Waals surface area (Å²) in [5.41, 5.74) is 2.70. The maximum absolute atomic E-state index is 11.5. The lowest BCUT2D eigenvalue weighted by molar-refractivity contribution is -0.385. The smallest absolute Gasteiger partial charge is 0.337 e. The zero-order chi connectivity index (χ0) is 16.1. The molecule has 1 N–H and O–H groups in total. The van der Waals surface area contributed by atoms with Gasteiger partial charge in [0.25, 0.3) is 5.69 Å². The van der Waals surface area contributed by atoms with Crippen molar-refractivity contribution in [2.24, 2.45) is 0 Å². The molecular weight excluding hydrogens is 284 g/mol. The number of nitrogens with zero attached hydrogens (tertiary/aromatic N) is 1. The van der Waals surface area contributed by atoms with Crippen LogP contribution in [-0.2, 0) is 11.3 Å². The number of methoxy groups -OCH3 is 1. The number of hydrogen-bond donors (Lipinski definition) is 1. The Labute approximate surface area is 127 Å². The van der Waals surface area contributed by atoms with Crippen molar-refractivity contribution in [2.75, 3.05) is 12.4 Å². The molecule has 0 bridgehead atoms. The highest BCUT2D eigenvalue weighted by Gasteiger charge is 2.13. The molecule has 0 radical (unpaired) electrons. The van der Waals surface area contributed by atoms with Crippen molar-refractivity contribution in [3.63, 3.8) is 0 Å². The molecule has 2 rings (SSSR count). The molecule has 0 saturated carbocycles. The molecule has 6 heteroatoms. The van der Waals surface area contributed by atoms with E-state index in [0.717, 1.165) is 5.56 Å². The summed E-state index contributed by atoms with van der Waals surface area (Å²) in [5, 5.41) is 14.1. The fourth-order valence-corrected chi connectivity index (χ4v) is 2.14. The van der Waals surface area contributed by atoms with E-state index in [2.05, 4.69) is 10.1 Å². The summed E-state index contributed by atoms with van der Waals surface area (Å²) >= 11 is 0. The number of rotatable bonds is 5. The summed E-state index contributed by atoms with van der Waals surface area (Å²) in [7, 11) is 1.33. The van der Waals surface area contributed by atoms with E-state index in [1.54, 1.807) is 37.3 Å². The van der Waals surface area contributed by atoms with E-state index in [9.17, 15) is 14.9 Å². The number of nitrogens with one attached hydrogen (secondary N) is 1. The maximum Gasteiger partial charge on any atom is 0.337 e. The highest BCUT2D eigenvalue weighted by Crippen LogP contribution is 2.25. The average molecular weight is 300 g/mol. The van der Waals surface area contributed by atoms with Crippen molar-refractivity contribution in [2.45, 2.75) is 13.5 Å². The minimum absolute atomic E-state index is 0.0771. The molecule has 0 saturated heterocycles. The Bertz CT molecular complexity index is 713.